The van der Waals surface area contributed by atoms with Gasteiger partial charge in [0.05, 0.1) is 5.92 Å². The number of phenolic OH excluding ortho intramolecular Hbond substituents is 1. The van der Waals surface area contributed by atoms with E-state index in [1.54, 1.807) is 67.4 Å². The number of nitrogens with one attached hydrogen (secondary N) is 2. The molecule has 0 aliphatic carbocycles. The Labute approximate surface area is 165 Å². The first-order valence-corrected chi connectivity index (χ1v) is 9.20. The molecule has 3 N–H and O–H groups in total. The van der Waals surface area contributed by atoms with E-state index in [9.17, 15) is 14.7 Å². The fourth-order valence-corrected chi connectivity index (χ4v) is 2.78. The predicted molar refractivity (Wildman–Crippen MR) is 111 cm³/mol. The molecule has 148 valence electrons. The molecule has 2 aromatic rings. The number of aromatic hydroxyl groups is 1. The van der Waals surface area contributed by atoms with Gasteiger partial charge in [-0.05, 0) is 49.2 Å². The van der Waals surface area contributed by atoms with Gasteiger partial charge in [-0.2, -0.15) is 0 Å². The molecule has 0 fully saturated rings. The Kier molecular flexibility index (Phi) is 6.93. The molecule has 28 heavy (non-hydrogen) atoms. The summed E-state index contributed by atoms with van der Waals surface area (Å²) in [4.78, 5) is 25.5. The van der Waals surface area contributed by atoms with Crippen LogP contribution in [0.5, 0.6) is 5.75 Å². The van der Waals surface area contributed by atoms with Gasteiger partial charge in [-0.1, -0.05) is 24.3 Å². The van der Waals surface area contributed by atoms with Crippen molar-refractivity contribution in [2.75, 3.05) is 12.4 Å². The van der Waals surface area contributed by atoms with E-state index in [0.29, 0.717) is 17.8 Å². The predicted octanol–water partition coefficient (Wildman–Crippen LogP) is 3.76. The Morgan fingerprint density at radius 3 is 2.18 bits per heavy atom. The average Bonchev–Trinajstić information content (AvgIpc) is 2.67. The summed E-state index contributed by atoms with van der Waals surface area (Å²) in [6, 6.07) is 13.6. The average molecular weight is 381 g/mol. The molecule has 6 nitrogen and oxygen atoms in total. The third-order valence-corrected chi connectivity index (χ3v) is 4.94. The third-order valence-electron chi connectivity index (χ3n) is 4.94. The van der Waals surface area contributed by atoms with Gasteiger partial charge in [0, 0.05) is 37.8 Å². The zero-order valence-corrected chi connectivity index (χ0v) is 16.7. The summed E-state index contributed by atoms with van der Waals surface area (Å²) in [5, 5.41) is 20.5. The van der Waals surface area contributed by atoms with Crippen LogP contribution in [0.2, 0.25) is 0 Å². The van der Waals surface area contributed by atoms with E-state index >= 15 is 0 Å². The molecule has 2 aromatic carbocycles. The first kappa shape index (κ1) is 21.2. The van der Waals surface area contributed by atoms with Gasteiger partial charge in [0.15, 0.2) is 0 Å². The van der Waals surface area contributed by atoms with E-state index in [2.05, 4.69) is 5.32 Å². The number of benzene rings is 2. The van der Waals surface area contributed by atoms with E-state index in [4.69, 9.17) is 5.41 Å². The van der Waals surface area contributed by atoms with E-state index < -0.39 is 0 Å². The van der Waals surface area contributed by atoms with Crippen LogP contribution in [0.4, 0.5) is 5.69 Å². The monoisotopic (exact) mass is 381 g/mol. The van der Waals surface area contributed by atoms with Crippen molar-refractivity contribution in [2.24, 2.45) is 0 Å². The zero-order chi connectivity index (χ0) is 20.8. The third kappa shape index (κ3) is 5.42. The molecule has 6 heteroatoms. The number of hydrogen-bond donors (Lipinski definition) is 3. The maximum Gasteiger partial charge on any atom is 0.231 e. The Morgan fingerprint density at radius 1 is 1.07 bits per heavy atom. The second-order valence-corrected chi connectivity index (χ2v) is 7.04. The van der Waals surface area contributed by atoms with Crippen molar-refractivity contribution < 1.29 is 14.7 Å². The summed E-state index contributed by atoms with van der Waals surface area (Å²) in [6.45, 7) is 5.23. The standard InChI is InChI=1S/C22H27N3O3/c1-14(25(4)16(3)26)13-21(23)18-5-9-19(10-6-18)24-22(28)15(2)17-7-11-20(27)12-8-17/h5-12,14-15,23,27H,13H2,1-4H3,(H,24,28). The second kappa shape index (κ2) is 9.17. The van der Waals surface area contributed by atoms with E-state index in [1.165, 1.54) is 6.92 Å². The van der Waals surface area contributed by atoms with Crippen molar-refractivity contribution in [3.63, 3.8) is 0 Å². The molecule has 2 rings (SSSR count). The SMILES string of the molecule is CC(=O)N(C)C(C)CC(=N)c1ccc(NC(=O)C(C)c2ccc(O)cc2)cc1. The van der Waals surface area contributed by atoms with Crippen molar-refractivity contribution in [1.29, 1.82) is 5.41 Å². The van der Waals surface area contributed by atoms with Crippen molar-refractivity contribution in [3.8, 4) is 5.75 Å². The molecule has 0 heterocycles. The molecule has 0 saturated heterocycles. The molecule has 2 unspecified atom stereocenters. The quantitative estimate of drug-likeness (QED) is 0.638. The minimum absolute atomic E-state index is 0.0268. The van der Waals surface area contributed by atoms with Gasteiger partial charge >= 0.3 is 0 Å². The summed E-state index contributed by atoms with van der Waals surface area (Å²) in [6.07, 6.45) is 0.458. The highest BCUT2D eigenvalue weighted by atomic mass is 16.3. The molecule has 0 radical (unpaired) electrons. The largest absolute Gasteiger partial charge is 0.508 e. The number of carbonyl (C=O) groups is 2. The number of anilines is 1. The topological polar surface area (TPSA) is 93.5 Å². The molecule has 0 aliphatic heterocycles. The number of rotatable bonds is 7. The molecular formula is C22H27N3O3. The Morgan fingerprint density at radius 2 is 1.64 bits per heavy atom. The second-order valence-electron chi connectivity index (χ2n) is 7.04. The van der Waals surface area contributed by atoms with Crippen molar-refractivity contribution in [3.05, 3.63) is 59.7 Å². The van der Waals surface area contributed by atoms with Gasteiger partial charge in [-0.25, -0.2) is 0 Å². The Bertz CT molecular complexity index is 844. The number of amides is 2. The molecular weight excluding hydrogens is 354 g/mol. The lowest BCUT2D eigenvalue weighted by atomic mass is 10.00. The summed E-state index contributed by atoms with van der Waals surface area (Å²) in [7, 11) is 1.73. The zero-order valence-electron chi connectivity index (χ0n) is 16.7. The molecule has 0 spiro atoms. The molecule has 0 aliphatic rings. The van der Waals surface area contributed by atoms with Crippen LogP contribution in [0.3, 0.4) is 0 Å². The molecule has 0 bridgehead atoms. The summed E-state index contributed by atoms with van der Waals surface area (Å²) in [5.74, 6) is -0.369. The minimum Gasteiger partial charge on any atom is -0.508 e. The molecule has 0 saturated carbocycles. The highest BCUT2D eigenvalue weighted by Crippen LogP contribution is 2.21. The lowest BCUT2D eigenvalue weighted by Crippen LogP contribution is -2.34. The van der Waals surface area contributed by atoms with Gasteiger partial charge in [0.2, 0.25) is 11.8 Å². The molecule has 0 aromatic heterocycles. The number of carbonyl (C=O) groups excluding carboxylic acids is 2. The summed E-state index contributed by atoms with van der Waals surface area (Å²) < 4.78 is 0. The summed E-state index contributed by atoms with van der Waals surface area (Å²) >= 11 is 0. The first-order chi connectivity index (χ1) is 13.2. The smallest absolute Gasteiger partial charge is 0.231 e. The normalized spacial score (nSPS) is 12.7. The highest BCUT2D eigenvalue weighted by molar-refractivity contribution is 6.00. The van der Waals surface area contributed by atoms with E-state index in [1.807, 2.05) is 6.92 Å². The van der Waals surface area contributed by atoms with Gasteiger partial charge in [-0.3, -0.25) is 9.59 Å². The fraction of sp³-hybridized carbons (Fsp3) is 0.318. The maximum absolute atomic E-state index is 12.4. The Hall–Kier alpha value is -3.15. The maximum atomic E-state index is 12.4. The van der Waals surface area contributed by atoms with Crippen LogP contribution in [0.1, 0.15) is 44.2 Å². The van der Waals surface area contributed by atoms with Crippen molar-refractivity contribution in [2.45, 2.75) is 39.2 Å². The number of phenols is 1. The van der Waals surface area contributed by atoms with Gasteiger partial charge in [-0.15, -0.1) is 0 Å². The van der Waals surface area contributed by atoms with Gasteiger partial charge in [0.1, 0.15) is 5.75 Å². The fourth-order valence-electron chi connectivity index (χ4n) is 2.78. The lowest BCUT2D eigenvalue weighted by molar-refractivity contribution is -0.129. The van der Waals surface area contributed by atoms with Crippen LogP contribution >= 0.6 is 0 Å². The van der Waals surface area contributed by atoms with Gasteiger partial charge in [0.25, 0.3) is 0 Å². The molecule has 2 amide bonds. The first-order valence-electron chi connectivity index (χ1n) is 9.20. The van der Waals surface area contributed by atoms with Crippen LogP contribution in [0, 0.1) is 5.41 Å². The van der Waals surface area contributed by atoms with Crippen molar-refractivity contribution >= 4 is 23.2 Å². The Balaban J connectivity index is 1.98. The van der Waals surface area contributed by atoms with Crippen molar-refractivity contribution in [1.82, 2.24) is 4.90 Å². The van der Waals surface area contributed by atoms with E-state index in [0.717, 1.165) is 11.1 Å². The molecule has 2 atom stereocenters. The summed E-state index contributed by atoms with van der Waals surface area (Å²) in [5.41, 5.74) is 2.67. The lowest BCUT2D eigenvalue weighted by Gasteiger charge is -2.23. The van der Waals surface area contributed by atoms with Crippen LogP contribution < -0.4 is 5.32 Å². The van der Waals surface area contributed by atoms with Crippen LogP contribution in [0.15, 0.2) is 48.5 Å². The van der Waals surface area contributed by atoms with Crippen LogP contribution in [0.25, 0.3) is 0 Å². The highest BCUT2D eigenvalue weighted by Gasteiger charge is 2.17. The number of nitrogens with zero attached hydrogens (tertiary/aromatic N) is 1. The van der Waals surface area contributed by atoms with Crippen LogP contribution in [-0.4, -0.2) is 40.6 Å². The van der Waals surface area contributed by atoms with E-state index in [-0.39, 0.29) is 29.5 Å². The van der Waals surface area contributed by atoms with Crippen LogP contribution in [-0.2, 0) is 9.59 Å². The van der Waals surface area contributed by atoms with Gasteiger partial charge < -0.3 is 20.7 Å². The number of hydrogen-bond acceptors (Lipinski definition) is 4. The minimum atomic E-state index is -0.360.